The summed E-state index contributed by atoms with van der Waals surface area (Å²) in [7, 11) is 0. The van der Waals surface area contributed by atoms with Gasteiger partial charge in [0.05, 0.1) is 11.8 Å². The third kappa shape index (κ3) is 5.70. The molecule has 2 aromatic rings. The quantitative estimate of drug-likeness (QED) is 0.777. The maximum Gasteiger partial charge on any atom is 0.258 e. The third-order valence-corrected chi connectivity index (χ3v) is 4.20. The summed E-state index contributed by atoms with van der Waals surface area (Å²) in [5, 5.41) is 2.84. The van der Waals surface area contributed by atoms with Gasteiger partial charge in [0.2, 0.25) is 0 Å². The van der Waals surface area contributed by atoms with Crippen molar-refractivity contribution in [2.75, 3.05) is 19.8 Å². The second-order valence-corrected chi connectivity index (χ2v) is 6.39. The number of carbonyl (C=O) groups is 1. The van der Waals surface area contributed by atoms with Crippen LogP contribution in [0.2, 0.25) is 0 Å². The van der Waals surface area contributed by atoms with Crippen molar-refractivity contribution in [1.82, 2.24) is 5.32 Å². The zero-order chi connectivity index (χ0) is 18.2. The monoisotopic (exact) mass is 352 g/mol. The molecule has 1 atom stereocenters. The number of hydrogen-bond acceptors (Lipinski definition) is 4. The van der Waals surface area contributed by atoms with Crippen molar-refractivity contribution in [1.29, 1.82) is 0 Å². The lowest BCUT2D eigenvalue weighted by Crippen LogP contribution is -2.35. The Morgan fingerprint density at radius 1 is 1.23 bits per heavy atom. The van der Waals surface area contributed by atoms with Crippen LogP contribution in [0, 0.1) is 6.92 Å². The van der Waals surface area contributed by atoms with Gasteiger partial charge < -0.3 is 14.8 Å². The van der Waals surface area contributed by atoms with Gasteiger partial charge in [0.15, 0.2) is 6.61 Å². The van der Waals surface area contributed by atoms with Gasteiger partial charge in [-0.05, 0) is 61.7 Å². The second-order valence-electron chi connectivity index (χ2n) is 6.39. The second kappa shape index (κ2) is 9.15. The summed E-state index contributed by atoms with van der Waals surface area (Å²) >= 11 is 0. The number of benzene rings is 2. The molecular formula is C21H24N2O3. The van der Waals surface area contributed by atoms with Crippen molar-refractivity contribution in [3.8, 4) is 5.75 Å². The van der Waals surface area contributed by atoms with Gasteiger partial charge in [-0.2, -0.15) is 0 Å². The highest BCUT2D eigenvalue weighted by Gasteiger charge is 2.16. The van der Waals surface area contributed by atoms with E-state index in [2.05, 4.69) is 17.2 Å². The van der Waals surface area contributed by atoms with E-state index in [1.807, 2.05) is 54.7 Å². The van der Waals surface area contributed by atoms with Crippen LogP contribution in [-0.2, 0) is 9.53 Å². The van der Waals surface area contributed by atoms with Crippen molar-refractivity contribution in [2.45, 2.75) is 25.9 Å². The summed E-state index contributed by atoms with van der Waals surface area (Å²) < 4.78 is 11.0. The minimum atomic E-state index is -0.134. The van der Waals surface area contributed by atoms with E-state index in [1.54, 1.807) is 0 Å². The Morgan fingerprint density at radius 3 is 2.69 bits per heavy atom. The minimum absolute atomic E-state index is 0.00349. The summed E-state index contributed by atoms with van der Waals surface area (Å²) in [4.78, 5) is 16.3. The van der Waals surface area contributed by atoms with Crippen LogP contribution >= 0.6 is 0 Å². The summed E-state index contributed by atoms with van der Waals surface area (Å²) in [5.74, 6) is 0.523. The van der Waals surface area contributed by atoms with E-state index in [9.17, 15) is 4.79 Å². The minimum Gasteiger partial charge on any atom is -0.484 e. The summed E-state index contributed by atoms with van der Waals surface area (Å²) in [5.41, 5.74) is 3.10. The highest BCUT2D eigenvalue weighted by molar-refractivity contribution is 5.82. The Bertz CT molecular complexity index is 733. The lowest BCUT2D eigenvalue weighted by atomic mass is 10.2. The fraction of sp³-hybridized carbons (Fsp3) is 0.333. The van der Waals surface area contributed by atoms with E-state index in [1.165, 1.54) is 5.56 Å². The molecule has 0 aliphatic carbocycles. The number of nitrogens with one attached hydrogen (secondary N) is 1. The van der Waals surface area contributed by atoms with Gasteiger partial charge in [-0.25, -0.2) is 0 Å². The molecule has 5 heteroatoms. The van der Waals surface area contributed by atoms with Crippen LogP contribution < -0.4 is 10.1 Å². The Kier molecular flexibility index (Phi) is 6.39. The molecule has 1 aliphatic rings. The molecule has 1 N–H and O–H groups in total. The van der Waals surface area contributed by atoms with Crippen LogP contribution in [0.5, 0.6) is 5.75 Å². The smallest absolute Gasteiger partial charge is 0.258 e. The number of aliphatic imine (C=N–C) groups is 1. The Hall–Kier alpha value is -2.66. The third-order valence-electron chi connectivity index (χ3n) is 4.20. The first-order chi connectivity index (χ1) is 12.7. The van der Waals surface area contributed by atoms with Crippen molar-refractivity contribution in [3.05, 3.63) is 59.7 Å². The van der Waals surface area contributed by atoms with E-state index in [-0.39, 0.29) is 18.6 Å². The van der Waals surface area contributed by atoms with Crippen molar-refractivity contribution >= 4 is 17.8 Å². The number of rotatable bonds is 7. The molecular weight excluding hydrogens is 328 g/mol. The van der Waals surface area contributed by atoms with Gasteiger partial charge >= 0.3 is 0 Å². The molecule has 0 aromatic heterocycles. The van der Waals surface area contributed by atoms with Gasteiger partial charge in [-0.1, -0.05) is 17.7 Å². The molecule has 2 aromatic carbocycles. The highest BCUT2D eigenvalue weighted by atomic mass is 16.5. The molecule has 3 rings (SSSR count). The molecule has 0 unspecified atom stereocenters. The molecule has 0 radical (unpaired) electrons. The molecule has 1 heterocycles. The number of ether oxygens (including phenoxy) is 2. The molecule has 1 saturated heterocycles. The zero-order valence-corrected chi connectivity index (χ0v) is 15.0. The predicted octanol–water partition coefficient (Wildman–Crippen LogP) is 3.42. The number of nitrogens with zero attached hydrogens (tertiary/aromatic N) is 1. The maximum atomic E-state index is 11.8. The first-order valence-corrected chi connectivity index (χ1v) is 8.91. The van der Waals surface area contributed by atoms with Crippen molar-refractivity contribution in [3.63, 3.8) is 0 Å². The van der Waals surface area contributed by atoms with E-state index in [0.29, 0.717) is 12.3 Å². The van der Waals surface area contributed by atoms with Crippen LogP contribution in [0.25, 0.3) is 0 Å². The molecule has 136 valence electrons. The van der Waals surface area contributed by atoms with Gasteiger partial charge in [0, 0.05) is 19.4 Å². The van der Waals surface area contributed by atoms with Gasteiger partial charge in [-0.15, -0.1) is 0 Å². The van der Waals surface area contributed by atoms with E-state index >= 15 is 0 Å². The first kappa shape index (κ1) is 18.1. The molecule has 1 aliphatic heterocycles. The number of carbonyl (C=O) groups excluding carboxylic acids is 1. The normalized spacial score (nSPS) is 16.7. The molecule has 1 fully saturated rings. The van der Waals surface area contributed by atoms with Crippen LogP contribution in [-0.4, -0.2) is 38.0 Å². The maximum absolute atomic E-state index is 11.8. The summed E-state index contributed by atoms with van der Waals surface area (Å²) in [6.45, 7) is 3.39. The molecule has 0 saturated carbocycles. The SMILES string of the molecule is Cc1ccc(N=Cc2ccc(OCC(=O)NC[C@@H]3CCCO3)cc2)cc1. The molecule has 0 bridgehead atoms. The largest absolute Gasteiger partial charge is 0.484 e. The van der Waals surface area contributed by atoms with E-state index in [4.69, 9.17) is 9.47 Å². The summed E-state index contributed by atoms with van der Waals surface area (Å²) in [6.07, 6.45) is 4.03. The van der Waals surface area contributed by atoms with Crippen molar-refractivity contribution in [2.24, 2.45) is 4.99 Å². The summed E-state index contributed by atoms with van der Waals surface area (Å²) in [6, 6.07) is 15.5. The van der Waals surface area contributed by atoms with Crippen LogP contribution in [0.1, 0.15) is 24.0 Å². The van der Waals surface area contributed by atoms with Crippen LogP contribution in [0.15, 0.2) is 53.5 Å². The zero-order valence-electron chi connectivity index (χ0n) is 15.0. The first-order valence-electron chi connectivity index (χ1n) is 8.91. The predicted molar refractivity (Wildman–Crippen MR) is 102 cm³/mol. The van der Waals surface area contributed by atoms with Crippen molar-refractivity contribution < 1.29 is 14.3 Å². The topological polar surface area (TPSA) is 59.9 Å². The fourth-order valence-electron chi connectivity index (χ4n) is 2.66. The Morgan fingerprint density at radius 2 is 2.00 bits per heavy atom. The number of amides is 1. The number of hydrogen-bond donors (Lipinski definition) is 1. The average molecular weight is 352 g/mol. The highest BCUT2D eigenvalue weighted by Crippen LogP contribution is 2.15. The lowest BCUT2D eigenvalue weighted by Gasteiger charge is -2.11. The van der Waals surface area contributed by atoms with E-state index < -0.39 is 0 Å². The van der Waals surface area contributed by atoms with Gasteiger partial charge in [0.25, 0.3) is 5.91 Å². The van der Waals surface area contributed by atoms with E-state index in [0.717, 1.165) is 30.7 Å². The Labute approximate surface area is 154 Å². The fourth-order valence-corrected chi connectivity index (χ4v) is 2.66. The van der Waals surface area contributed by atoms with Crippen LogP contribution in [0.3, 0.4) is 0 Å². The number of aryl methyl sites for hydroxylation is 1. The molecule has 0 spiro atoms. The van der Waals surface area contributed by atoms with Gasteiger partial charge in [-0.3, -0.25) is 9.79 Å². The average Bonchev–Trinajstić information content (AvgIpc) is 3.19. The van der Waals surface area contributed by atoms with Crippen LogP contribution in [0.4, 0.5) is 5.69 Å². The lowest BCUT2D eigenvalue weighted by molar-refractivity contribution is -0.123. The standard InChI is InChI=1S/C21H24N2O3/c1-16-4-8-18(9-5-16)22-13-17-6-10-19(11-7-17)26-15-21(24)23-14-20-3-2-12-25-20/h4-11,13,20H,2-3,12,14-15H2,1H3,(H,23,24)/t20-/m0/s1. The Balaban J connectivity index is 1.43. The molecule has 1 amide bonds. The molecule has 26 heavy (non-hydrogen) atoms. The van der Waals surface area contributed by atoms with Gasteiger partial charge in [0.1, 0.15) is 5.75 Å². The molecule has 5 nitrogen and oxygen atoms in total.